The van der Waals surface area contributed by atoms with Crippen molar-refractivity contribution in [1.29, 1.82) is 0 Å². The maximum absolute atomic E-state index is 4.73. The molecule has 2 aromatic rings. The summed E-state index contributed by atoms with van der Waals surface area (Å²) in [5, 5.41) is 6.89. The van der Waals surface area contributed by atoms with E-state index in [1.807, 2.05) is 24.5 Å². The Labute approximate surface area is 125 Å². The minimum atomic E-state index is 0.956. The molecule has 3 rings (SSSR count). The number of hydrogen-bond acceptors (Lipinski definition) is 4. The van der Waals surface area contributed by atoms with Crippen molar-refractivity contribution in [1.82, 2.24) is 9.99 Å². The van der Waals surface area contributed by atoms with E-state index in [1.165, 1.54) is 5.69 Å². The quantitative estimate of drug-likeness (QED) is 0.810. The zero-order valence-corrected chi connectivity index (χ0v) is 12.3. The molecule has 1 fully saturated rings. The van der Waals surface area contributed by atoms with Crippen LogP contribution < -0.4 is 4.90 Å². The summed E-state index contributed by atoms with van der Waals surface area (Å²) in [6.45, 7) is 5.99. The standard InChI is InChI=1S/C17H20N4/c1-15(16-7-9-18-10-8-16)19-21-13-11-20(12-14-21)17-5-3-2-4-6-17/h2-10H,11-14H2,1H3. The van der Waals surface area contributed by atoms with E-state index < -0.39 is 0 Å². The Hall–Kier alpha value is -2.36. The highest BCUT2D eigenvalue weighted by molar-refractivity contribution is 5.98. The Morgan fingerprint density at radius 1 is 0.952 bits per heavy atom. The van der Waals surface area contributed by atoms with E-state index in [2.05, 4.69) is 52.1 Å². The third-order valence-corrected chi connectivity index (χ3v) is 3.77. The van der Waals surface area contributed by atoms with Gasteiger partial charge in [0, 0.05) is 36.7 Å². The predicted octanol–water partition coefficient (Wildman–Crippen LogP) is 2.63. The van der Waals surface area contributed by atoms with Crippen LogP contribution in [0.3, 0.4) is 0 Å². The van der Waals surface area contributed by atoms with Gasteiger partial charge in [-0.1, -0.05) is 18.2 Å². The Bertz CT molecular complexity index is 587. The van der Waals surface area contributed by atoms with Crippen LogP contribution in [0.15, 0.2) is 60.0 Å². The second-order valence-electron chi connectivity index (χ2n) is 5.20. The van der Waals surface area contributed by atoms with Crippen molar-refractivity contribution in [2.45, 2.75) is 6.92 Å². The minimum Gasteiger partial charge on any atom is -0.368 e. The molecule has 1 aromatic heterocycles. The fraction of sp³-hybridized carbons (Fsp3) is 0.294. The van der Waals surface area contributed by atoms with Crippen LogP contribution in [-0.2, 0) is 0 Å². The van der Waals surface area contributed by atoms with Crippen LogP contribution in [-0.4, -0.2) is 41.9 Å². The second-order valence-corrected chi connectivity index (χ2v) is 5.20. The number of hydrogen-bond donors (Lipinski definition) is 0. The topological polar surface area (TPSA) is 31.7 Å². The molecule has 0 N–H and O–H groups in total. The van der Waals surface area contributed by atoms with Crippen molar-refractivity contribution in [3.05, 3.63) is 60.4 Å². The van der Waals surface area contributed by atoms with Gasteiger partial charge in [-0.25, -0.2) is 0 Å². The van der Waals surface area contributed by atoms with Gasteiger partial charge in [-0.05, 0) is 31.2 Å². The molecule has 0 aliphatic carbocycles. The highest BCUT2D eigenvalue weighted by Gasteiger charge is 2.15. The molecule has 0 spiro atoms. The van der Waals surface area contributed by atoms with Crippen LogP contribution in [0.4, 0.5) is 5.69 Å². The molecule has 1 aliphatic heterocycles. The van der Waals surface area contributed by atoms with E-state index in [0.29, 0.717) is 0 Å². The van der Waals surface area contributed by atoms with Crippen LogP contribution in [0.5, 0.6) is 0 Å². The third kappa shape index (κ3) is 3.40. The Kier molecular flexibility index (Phi) is 4.15. The molecule has 1 aromatic carbocycles. The average molecular weight is 280 g/mol. The van der Waals surface area contributed by atoms with Gasteiger partial charge in [-0.2, -0.15) is 5.10 Å². The predicted molar refractivity (Wildman–Crippen MR) is 86.7 cm³/mol. The van der Waals surface area contributed by atoms with E-state index in [0.717, 1.165) is 37.5 Å². The number of rotatable bonds is 3. The van der Waals surface area contributed by atoms with Gasteiger partial charge in [0.25, 0.3) is 0 Å². The highest BCUT2D eigenvalue weighted by atomic mass is 15.5. The third-order valence-electron chi connectivity index (χ3n) is 3.77. The second kappa shape index (κ2) is 6.39. The van der Waals surface area contributed by atoms with Crippen molar-refractivity contribution in [3.8, 4) is 0 Å². The lowest BCUT2D eigenvalue weighted by molar-refractivity contribution is 0.270. The fourth-order valence-corrected chi connectivity index (χ4v) is 2.56. The number of hydrazone groups is 1. The van der Waals surface area contributed by atoms with Crippen molar-refractivity contribution in [2.24, 2.45) is 5.10 Å². The number of aromatic nitrogens is 1. The average Bonchev–Trinajstić information content (AvgIpc) is 2.57. The molecule has 0 saturated carbocycles. The Morgan fingerprint density at radius 2 is 1.62 bits per heavy atom. The summed E-state index contributed by atoms with van der Waals surface area (Å²) in [6.07, 6.45) is 3.61. The Balaban J connectivity index is 1.61. The van der Waals surface area contributed by atoms with E-state index in [9.17, 15) is 0 Å². The number of nitrogens with zero attached hydrogens (tertiary/aromatic N) is 4. The molecule has 0 unspecified atom stereocenters. The molecule has 108 valence electrons. The lowest BCUT2D eigenvalue weighted by Crippen LogP contribution is -2.44. The molecule has 0 bridgehead atoms. The first-order chi connectivity index (χ1) is 10.3. The molecule has 0 atom stereocenters. The van der Waals surface area contributed by atoms with Gasteiger partial charge < -0.3 is 4.90 Å². The van der Waals surface area contributed by atoms with Crippen molar-refractivity contribution in [3.63, 3.8) is 0 Å². The largest absolute Gasteiger partial charge is 0.368 e. The zero-order chi connectivity index (χ0) is 14.5. The fourth-order valence-electron chi connectivity index (χ4n) is 2.56. The van der Waals surface area contributed by atoms with Gasteiger partial charge in [-0.15, -0.1) is 0 Å². The maximum Gasteiger partial charge on any atom is 0.0647 e. The summed E-state index contributed by atoms with van der Waals surface area (Å²) in [6, 6.07) is 14.6. The van der Waals surface area contributed by atoms with E-state index in [4.69, 9.17) is 5.10 Å². The van der Waals surface area contributed by atoms with Crippen LogP contribution in [0.1, 0.15) is 12.5 Å². The number of anilines is 1. The van der Waals surface area contributed by atoms with Crippen molar-refractivity contribution >= 4 is 11.4 Å². The number of pyridine rings is 1. The lowest BCUT2D eigenvalue weighted by atomic mass is 10.2. The normalized spacial score (nSPS) is 16.1. The summed E-state index contributed by atoms with van der Waals surface area (Å²) < 4.78 is 0. The summed E-state index contributed by atoms with van der Waals surface area (Å²) in [4.78, 5) is 6.45. The van der Waals surface area contributed by atoms with Gasteiger partial charge >= 0.3 is 0 Å². The van der Waals surface area contributed by atoms with Gasteiger partial charge in [0.15, 0.2) is 0 Å². The highest BCUT2D eigenvalue weighted by Crippen LogP contribution is 2.15. The molecular formula is C17H20N4. The summed E-state index contributed by atoms with van der Waals surface area (Å²) >= 11 is 0. The van der Waals surface area contributed by atoms with Crippen LogP contribution >= 0.6 is 0 Å². The number of piperazine rings is 1. The van der Waals surface area contributed by atoms with E-state index >= 15 is 0 Å². The van der Waals surface area contributed by atoms with Gasteiger partial charge in [-0.3, -0.25) is 9.99 Å². The first-order valence-corrected chi connectivity index (χ1v) is 7.33. The van der Waals surface area contributed by atoms with Gasteiger partial charge in [0.05, 0.1) is 18.8 Å². The number of benzene rings is 1. The van der Waals surface area contributed by atoms with Crippen molar-refractivity contribution in [2.75, 3.05) is 31.1 Å². The Morgan fingerprint density at radius 3 is 2.29 bits per heavy atom. The summed E-state index contributed by atoms with van der Waals surface area (Å²) in [7, 11) is 0. The molecule has 1 saturated heterocycles. The smallest absolute Gasteiger partial charge is 0.0647 e. The molecule has 1 aliphatic rings. The first kappa shape index (κ1) is 13.6. The monoisotopic (exact) mass is 280 g/mol. The van der Waals surface area contributed by atoms with Crippen LogP contribution in [0, 0.1) is 0 Å². The molecular weight excluding hydrogens is 260 g/mol. The molecule has 0 radical (unpaired) electrons. The maximum atomic E-state index is 4.73. The molecule has 21 heavy (non-hydrogen) atoms. The molecule has 0 amide bonds. The first-order valence-electron chi connectivity index (χ1n) is 7.33. The molecule has 4 nitrogen and oxygen atoms in total. The zero-order valence-electron chi connectivity index (χ0n) is 12.3. The minimum absolute atomic E-state index is 0.956. The van der Waals surface area contributed by atoms with Crippen LogP contribution in [0.25, 0.3) is 0 Å². The lowest BCUT2D eigenvalue weighted by Gasteiger charge is -2.34. The number of para-hydroxylation sites is 1. The molecule has 4 heteroatoms. The van der Waals surface area contributed by atoms with Crippen LogP contribution in [0.2, 0.25) is 0 Å². The van der Waals surface area contributed by atoms with E-state index in [1.54, 1.807) is 0 Å². The summed E-state index contributed by atoms with van der Waals surface area (Å²) in [5.74, 6) is 0. The SMILES string of the molecule is CC(=NN1CCN(c2ccccc2)CC1)c1ccncc1. The van der Waals surface area contributed by atoms with Gasteiger partial charge in [0.1, 0.15) is 0 Å². The molecule has 2 heterocycles. The summed E-state index contributed by atoms with van der Waals surface area (Å²) in [5.41, 5.74) is 3.48. The van der Waals surface area contributed by atoms with E-state index in [-0.39, 0.29) is 0 Å². The van der Waals surface area contributed by atoms with Gasteiger partial charge in [0.2, 0.25) is 0 Å². The van der Waals surface area contributed by atoms with Crippen molar-refractivity contribution < 1.29 is 0 Å².